The standard InChI is InChI=1S/C11H10F2N4O3/c12-10(13)20-6-3-1-5(2-4-6)17-8(15)7(14)9(18)16-11(17)19/h1-4,10H,14-15H2,(H,16,18,19). The summed E-state index contributed by atoms with van der Waals surface area (Å²) < 4.78 is 29.2. The molecule has 0 radical (unpaired) electrons. The quantitative estimate of drug-likeness (QED) is 0.749. The van der Waals surface area contributed by atoms with Crippen molar-refractivity contribution in [2.24, 2.45) is 0 Å². The number of nitrogen functional groups attached to an aromatic ring is 2. The molecular weight excluding hydrogens is 274 g/mol. The first-order chi connectivity index (χ1) is 9.40. The number of alkyl halides is 2. The molecular formula is C11H10F2N4O3. The van der Waals surface area contributed by atoms with Gasteiger partial charge in [0.25, 0.3) is 5.56 Å². The maximum Gasteiger partial charge on any atom is 0.387 e. The first-order valence-electron chi connectivity index (χ1n) is 5.35. The van der Waals surface area contributed by atoms with Crippen molar-refractivity contribution < 1.29 is 13.5 Å². The molecule has 5 N–H and O–H groups in total. The van der Waals surface area contributed by atoms with E-state index in [0.717, 1.165) is 4.57 Å². The number of aromatic amines is 1. The normalized spacial score (nSPS) is 10.8. The average Bonchev–Trinajstić information content (AvgIpc) is 2.37. The number of nitrogens with two attached hydrogens (primary N) is 2. The fourth-order valence-corrected chi connectivity index (χ4v) is 1.60. The molecule has 0 fully saturated rings. The Bertz CT molecular complexity index is 737. The molecule has 20 heavy (non-hydrogen) atoms. The summed E-state index contributed by atoms with van der Waals surface area (Å²) in [4.78, 5) is 24.9. The predicted octanol–water partition coefficient (Wildman–Crippen LogP) is 0.292. The highest BCUT2D eigenvalue weighted by Crippen LogP contribution is 2.18. The molecule has 7 nitrogen and oxygen atoms in total. The zero-order valence-electron chi connectivity index (χ0n) is 9.97. The molecule has 0 spiro atoms. The van der Waals surface area contributed by atoms with E-state index in [-0.39, 0.29) is 22.9 Å². The molecule has 106 valence electrons. The lowest BCUT2D eigenvalue weighted by molar-refractivity contribution is -0.0498. The van der Waals surface area contributed by atoms with E-state index in [1.165, 1.54) is 24.3 Å². The zero-order valence-corrected chi connectivity index (χ0v) is 9.97. The summed E-state index contributed by atoms with van der Waals surface area (Å²) in [7, 11) is 0. The van der Waals surface area contributed by atoms with Crippen LogP contribution in [0.5, 0.6) is 5.75 Å². The number of aromatic nitrogens is 2. The Labute approximate surface area is 110 Å². The highest BCUT2D eigenvalue weighted by molar-refractivity contribution is 5.60. The van der Waals surface area contributed by atoms with Gasteiger partial charge in [0.05, 0.1) is 5.69 Å². The Hall–Kier alpha value is -2.84. The highest BCUT2D eigenvalue weighted by Gasteiger charge is 2.11. The maximum absolute atomic E-state index is 12.0. The molecule has 2 aromatic rings. The SMILES string of the molecule is Nc1c(N)n(-c2ccc(OC(F)F)cc2)c(=O)[nH]c1=O. The Morgan fingerprint density at radius 1 is 1.15 bits per heavy atom. The largest absolute Gasteiger partial charge is 0.435 e. The molecule has 9 heteroatoms. The summed E-state index contributed by atoms with van der Waals surface area (Å²) in [5, 5.41) is 0. The molecule has 0 atom stereocenters. The molecule has 0 bridgehead atoms. The highest BCUT2D eigenvalue weighted by atomic mass is 19.3. The maximum atomic E-state index is 12.0. The second-order valence-electron chi connectivity index (χ2n) is 3.77. The number of hydrogen-bond acceptors (Lipinski definition) is 5. The number of rotatable bonds is 3. The molecule has 0 saturated carbocycles. The first-order valence-corrected chi connectivity index (χ1v) is 5.35. The second-order valence-corrected chi connectivity index (χ2v) is 3.77. The number of nitrogens with one attached hydrogen (secondary N) is 1. The van der Waals surface area contributed by atoms with E-state index in [2.05, 4.69) is 4.74 Å². The Balaban J connectivity index is 2.50. The van der Waals surface area contributed by atoms with E-state index in [1.807, 2.05) is 4.98 Å². The van der Waals surface area contributed by atoms with Gasteiger partial charge in [-0.15, -0.1) is 0 Å². The van der Waals surface area contributed by atoms with E-state index < -0.39 is 17.9 Å². The van der Waals surface area contributed by atoms with Crippen molar-refractivity contribution in [3.05, 3.63) is 45.1 Å². The number of halogens is 2. The topological polar surface area (TPSA) is 116 Å². The lowest BCUT2D eigenvalue weighted by Crippen LogP contribution is -2.32. The summed E-state index contributed by atoms with van der Waals surface area (Å²) in [6.07, 6.45) is 0. The van der Waals surface area contributed by atoms with Gasteiger partial charge in [-0.3, -0.25) is 9.78 Å². The summed E-state index contributed by atoms with van der Waals surface area (Å²) in [5.74, 6) is -0.311. The Morgan fingerprint density at radius 3 is 2.30 bits per heavy atom. The van der Waals surface area contributed by atoms with E-state index in [1.54, 1.807) is 0 Å². The number of hydrogen-bond donors (Lipinski definition) is 3. The monoisotopic (exact) mass is 284 g/mol. The number of nitrogens with zero attached hydrogens (tertiary/aromatic N) is 1. The molecule has 0 saturated heterocycles. The van der Waals surface area contributed by atoms with Crippen LogP contribution in [0.3, 0.4) is 0 Å². The van der Waals surface area contributed by atoms with E-state index in [0.29, 0.717) is 0 Å². The lowest BCUT2D eigenvalue weighted by Gasteiger charge is -2.11. The number of benzene rings is 1. The second kappa shape index (κ2) is 5.03. The summed E-state index contributed by atoms with van der Waals surface area (Å²) in [6.45, 7) is -2.95. The molecule has 0 aliphatic rings. The lowest BCUT2D eigenvalue weighted by atomic mass is 10.3. The molecule has 0 aliphatic carbocycles. The minimum absolute atomic E-state index is 0.0761. The van der Waals surface area contributed by atoms with Crippen molar-refractivity contribution >= 4 is 11.5 Å². The molecule has 0 aliphatic heterocycles. The average molecular weight is 284 g/mol. The molecule has 0 amide bonds. The number of anilines is 2. The van der Waals surface area contributed by atoms with Crippen LogP contribution in [0.4, 0.5) is 20.3 Å². The van der Waals surface area contributed by atoms with Crippen LogP contribution in [0, 0.1) is 0 Å². The van der Waals surface area contributed by atoms with Gasteiger partial charge in [0, 0.05) is 0 Å². The van der Waals surface area contributed by atoms with Crippen molar-refractivity contribution in [3.63, 3.8) is 0 Å². The van der Waals surface area contributed by atoms with Gasteiger partial charge in [-0.05, 0) is 24.3 Å². The Morgan fingerprint density at radius 2 is 1.75 bits per heavy atom. The fraction of sp³-hybridized carbons (Fsp3) is 0.0909. The van der Waals surface area contributed by atoms with Crippen LogP contribution in [0.2, 0.25) is 0 Å². The zero-order chi connectivity index (χ0) is 14.9. The number of H-pyrrole nitrogens is 1. The third-order valence-electron chi connectivity index (χ3n) is 2.51. The van der Waals surface area contributed by atoms with Crippen LogP contribution >= 0.6 is 0 Å². The molecule has 1 aromatic heterocycles. The van der Waals surface area contributed by atoms with Crippen molar-refractivity contribution in [2.75, 3.05) is 11.5 Å². The van der Waals surface area contributed by atoms with Gasteiger partial charge in [0.2, 0.25) is 0 Å². The minimum Gasteiger partial charge on any atom is -0.435 e. The first kappa shape index (κ1) is 13.6. The Kier molecular flexibility index (Phi) is 3.42. The molecule has 2 rings (SSSR count). The van der Waals surface area contributed by atoms with Crippen LogP contribution < -0.4 is 27.5 Å². The smallest absolute Gasteiger partial charge is 0.387 e. The van der Waals surface area contributed by atoms with Crippen molar-refractivity contribution in [3.8, 4) is 11.4 Å². The van der Waals surface area contributed by atoms with Crippen LogP contribution in [-0.4, -0.2) is 16.2 Å². The van der Waals surface area contributed by atoms with E-state index >= 15 is 0 Å². The van der Waals surface area contributed by atoms with Crippen LogP contribution in [0.1, 0.15) is 0 Å². The summed E-state index contributed by atoms with van der Waals surface area (Å²) >= 11 is 0. The third kappa shape index (κ3) is 2.46. The van der Waals surface area contributed by atoms with Crippen LogP contribution in [-0.2, 0) is 0 Å². The molecule has 1 aromatic carbocycles. The van der Waals surface area contributed by atoms with E-state index in [4.69, 9.17) is 11.5 Å². The van der Waals surface area contributed by atoms with Gasteiger partial charge in [0.15, 0.2) is 0 Å². The predicted molar refractivity (Wildman–Crippen MR) is 68.1 cm³/mol. The van der Waals surface area contributed by atoms with Crippen molar-refractivity contribution in [2.45, 2.75) is 6.61 Å². The van der Waals surface area contributed by atoms with E-state index in [9.17, 15) is 18.4 Å². The van der Waals surface area contributed by atoms with Gasteiger partial charge in [-0.2, -0.15) is 8.78 Å². The van der Waals surface area contributed by atoms with Crippen LogP contribution in [0.25, 0.3) is 5.69 Å². The van der Waals surface area contributed by atoms with Gasteiger partial charge in [-0.1, -0.05) is 0 Å². The summed E-state index contributed by atoms with van der Waals surface area (Å²) in [6, 6.07) is 5.11. The van der Waals surface area contributed by atoms with Crippen molar-refractivity contribution in [1.29, 1.82) is 0 Å². The van der Waals surface area contributed by atoms with Gasteiger partial charge < -0.3 is 16.2 Å². The van der Waals surface area contributed by atoms with Crippen molar-refractivity contribution in [1.82, 2.24) is 9.55 Å². The summed E-state index contributed by atoms with van der Waals surface area (Å²) in [5.41, 5.74) is 9.40. The fourth-order valence-electron chi connectivity index (χ4n) is 1.60. The molecule has 0 unspecified atom stereocenters. The third-order valence-corrected chi connectivity index (χ3v) is 2.51. The van der Waals surface area contributed by atoms with Crippen LogP contribution in [0.15, 0.2) is 33.9 Å². The minimum atomic E-state index is -2.95. The molecule has 1 heterocycles. The van der Waals surface area contributed by atoms with Gasteiger partial charge in [-0.25, -0.2) is 9.36 Å². The van der Waals surface area contributed by atoms with Gasteiger partial charge in [0.1, 0.15) is 17.3 Å². The number of ether oxygens (including phenoxy) is 1. The van der Waals surface area contributed by atoms with Gasteiger partial charge >= 0.3 is 12.3 Å².